The second kappa shape index (κ2) is 8.16. The van der Waals surface area contributed by atoms with Gasteiger partial charge in [0.1, 0.15) is 0 Å². The van der Waals surface area contributed by atoms with Crippen LogP contribution in [0.5, 0.6) is 0 Å². The maximum absolute atomic E-state index is 5.75. The van der Waals surface area contributed by atoms with Crippen molar-refractivity contribution < 1.29 is 4.74 Å². The molecule has 1 aliphatic heterocycles. The predicted molar refractivity (Wildman–Crippen MR) is 93.0 cm³/mol. The maximum atomic E-state index is 5.75. The fourth-order valence-electron chi connectivity index (χ4n) is 2.82. The van der Waals surface area contributed by atoms with E-state index in [9.17, 15) is 0 Å². The van der Waals surface area contributed by atoms with Crippen LogP contribution < -0.4 is 10.2 Å². The number of nitrogens with zero attached hydrogens (tertiary/aromatic N) is 1. The maximum Gasteiger partial charge on any atom is 0.0608 e. The Bertz CT molecular complexity index is 442. The average Bonchev–Trinajstić information content (AvgIpc) is 2.46. The SMILES string of the molecule is CCOC1CCN(c2ccc(Br)cc2CNC(C)C)CC1. The van der Waals surface area contributed by atoms with E-state index in [2.05, 4.69) is 65.1 Å². The highest BCUT2D eigenvalue weighted by Gasteiger charge is 2.21. The summed E-state index contributed by atoms with van der Waals surface area (Å²) in [7, 11) is 0. The Labute approximate surface area is 137 Å². The molecule has 1 heterocycles. The molecule has 1 saturated heterocycles. The quantitative estimate of drug-likeness (QED) is 0.836. The van der Waals surface area contributed by atoms with Crippen LogP contribution in [0, 0.1) is 0 Å². The largest absolute Gasteiger partial charge is 0.378 e. The van der Waals surface area contributed by atoms with Crippen LogP contribution >= 0.6 is 15.9 Å². The van der Waals surface area contributed by atoms with Gasteiger partial charge in [-0.25, -0.2) is 0 Å². The van der Waals surface area contributed by atoms with Crippen molar-refractivity contribution in [1.82, 2.24) is 5.32 Å². The summed E-state index contributed by atoms with van der Waals surface area (Å²) in [4.78, 5) is 2.50. The Morgan fingerprint density at radius 1 is 1.33 bits per heavy atom. The molecule has 0 unspecified atom stereocenters. The van der Waals surface area contributed by atoms with Crippen molar-refractivity contribution >= 4 is 21.6 Å². The zero-order chi connectivity index (χ0) is 15.2. The molecule has 0 atom stereocenters. The van der Waals surface area contributed by atoms with Gasteiger partial charge in [0.2, 0.25) is 0 Å². The Morgan fingerprint density at radius 3 is 2.67 bits per heavy atom. The van der Waals surface area contributed by atoms with Crippen molar-refractivity contribution in [3.05, 3.63) is 28.2 Å². The smallest absolute Gasteiger partial charge is 0.0608 e. The molecule has 0 radical (unpaired) electrons. The number of hydrogen-bond acceptors (Lipinski definition) is 3. The zero-order valence-electron chi connectivity index (χ0n) is 13.4. The van der Waals surface area contributed by atoms with Crippen LogP contribution in [0.3, 0.4) is 0 Å². The van der Waals surface area contributed by atoms with Gasteiger partial charge in [0.15, 0.2) is 0 Å². The van der Waals surface area contributed by atoms with Gasteiger partial charge in [-0.15, -0.1) is 0 Å². The average molecular weight is 355 g/mol. The van der Waals surface area contributed by atoms with Crippen LogP contribution in [-0.2, 0) is 11.3 Å². The fraction of sp³-hybridized carbons (Fsp3) is 0.647. The third-order valence-corrected chi connectivity index (χ3v) is 4.42. The first-order valence-electron chi connectivity index (χ1n) is 7.98. The lowest BCUT2D eigenvalue weighted by molar-refractivity contribution is 0.0459. The summed E-state index contributed by atoms with van der Waals surface area (Å²) in [6, 6.07) is 7.12. The van der Waals surface area contributed by atoms with Crippen molar-refractivity contribution in [3.63, 3.8) is 0 Å². The third-order valence-electron chi connectivity index (χ3n) is 3.93. The number of anilines is 1. The van der Waals surface area contributed by atoms with Gasteiger partial charge in [-0.1, -0.05) is 29.8 Å². The molecule has 1 aliphatic rings. The van der Waals surface area contributed by atoms with Gasteiger partial charge < -0.3 is 15.0 Å². The normalized spacial score (nSPS) is 16.7. The van der Waals surface area contributed by atoms with Crippen LogP contribution in [0.4, 0.5) is 5.69 Å². The second-order valence-electron chi connectivity index (χ2n) is 5.95. The Hall–Kier alpha value is -0.580. The first-order valence-corrected chi connectivity index (χ1v) is 8.77. The first kappa shape index (κ1) is 16.8. The molecule has 1 aromatic carbocycles. The van der Waals surface area contributed by atoms with Crippen LogP contribution in [0.15, 0.2) is 22.7 Å². The summed E-state index contributed by atoms with van der Waals surface area (Å²) in [5.74, 6) is 0. The van der Waals surface area contributed by atoms with Crippen LogP contribution in [0.25, 0.3) is 0 Å². The molecule has 0 aromatic heterocycles. The van der Waals surface area contributed by atoms with Crippen molar-refractivity contribution in [2.24, 2.45) is 0 Å². The summed E-state index contributed by atoms with van der Waals surface area (Å²) in [5.41, 5.74) is 2.73. The molecular weight excluding hydrogens is 328 g/mol. The molecule has 2 rings (SSSR count). The Balaban J connectivity index is 2.05. The molecule has 1 N–H and O–H groups in total. The number of nitrogens with one attached hydrogen (secondary N) is 1. The van der Waals surface area contributed by atoms with E-state index in [1.54, 1.807) is 0 Å². The van der Waals surface area contributed by atoms with Gasteiger partial charge in [0.25, 0.3) is 0 Å². The first-order chi connectivity index (χ1) is 10.1. The second-order valence-corrected chi connectivity index (χ2v) is 6.87. The summed E-state index contributed by atoms with van der Waals surface area (Å²) >= 11 is 3.59. The van der Waals surface area contributed by atoms with Gasteiger partial charge in [-0.05, 0) is 43.5 Å². The van der Waals surface area contributed by atoms with E-state index >= 15 is 0 Å². The lowest BCUT2D eigenvalue weighted by Crippen LogP contribution is -2.38. The third kappa shape index (κ3) is 4.97. The van der Waals surface area contributed by atoms with Gasteiger partial charge >= 0.3 is 0 Å². The van der Waals surface area contributed by atoms with Gasteiger partial charge in [-0.3, -0.25) is 0 Å². The lowest BCUT2D eigenvalue weighted by Gasteiger charge is -2.34. The standard InChI is InChI=1S/C17H27BrN2O/c1-4-21-16-7-9-20(10-8-16)17-6-5-15(18)11-14(17)12-19-13(2)3/h5-6,11,13,16,19H,4,7-10,12H2,1-3H3. The molecule has 3 nitrogen and oxygen atoms in total. The Kier molecular flexibility index (Phi) is 6.52. The van der Waals surface area contributed by atoms with E-state index in [4.69, 9.17) is 4.74 Å². The Morgan fingerprint density at radius 2 is 2.05 bits per heavy atom. The van der Waals surface area contributed by atoms with Crippen molar-refractivity contribution in [3.8, 4) is 0 Å². The van der Waals surface area contributed by atoms with E-state index in [1.165, 1.54) is 11.3 Å². The molecular formula is C17H27BrN2O. The van der Waals surface area contributed by atoms with E-state index in [-0.39, 0.29) is 0 Å². The number of piperidine rings is 1. The summed E-state index contributed by atoms with van der Waals surface area (Å²) < 4.78 is 6.90. The van der Waals surface area contributed by atoms with Crippen molar-refractivity contribution in [2.75, 3.05) is 24.6 Å². The summed E-state index contributed by atoms with van der Waals surface area (Å²) in [6.07, 6.45) is 2.70. The molecule has 0 amide bonds. The molecule has 4 heteroatoms. The molecule has 0 spiro atoms. The minimum Gasteiger partial charge on any atom is -0.378 e. The highest BCUT2D eigenvalue weighted by molar-refractivity contribution is 9.10. The highest BCUT2D eigenvalue weighted by Crippen LogP contribution is 2.28. The number of benzene rings is 1. The molecule has 21 heavy (non-hydrogen) atoms. The van der Waals surface area contributed by atoms with E-state index < -0.39 is 0 Å². The number of hydrogen-bond donors (Lipinski definition) is 1. The molecule has 1 aromatic rings. The minimum absolute atomic E-state index is 0.443. The van der Waals surface area contributed by atoms with Crippen LogP contribution in [0.2, 0.25) is 0 Å². The molecule has 0 saturated carbocycles. The van der Waals surface area contributed by atoms with E-state index in [0.29, 0.717) is 12.1 Å². The minimum atomic E-state index is 0.443. The topological polar surface area (TPSA) is 24.5 Å². The van der Waals surface area contributed by atoms with Crippen LogP contribution in [0.1, 0.15) is 39.2 Å². The summed E-state index contributed by atoms with van der Waals surface area (Å²) in [5, 5.41) is 3.53. The number of ether oxygens (including phenoxy) is 1. The number of rotatable bonds is 6. The molecule has 0 aliphatic carbocycles. The van der Waals surface area contributed by atoms with E-state index in [1.807, 2.05) is 0 Å². The van der Waals surface area contributed by atoms with E-state index in [0.717, 1.165) is 43.6 Å². The predicted octanol–water partition coefficient (Wildman–Crippen LogP) is 3.95. The van der Waals surface area contributed by atoms with Gasteiger partial charge in [0, 0.05) is 42.4 Å². The zero-order valence-corrected chi connectivity index (χ0v) is 14.9. The molecule has 0 bridgehead atoms. The monoisotopic (exact) mass is 354 g/mol. The summed E-state index contributed by atoms with van der Waals surface area (Å²) in [6.45, 7) is 10.4. The number of halogens is 1. The van der Waals surface area contributed by atoms with Crippen LogP contribution in [-0.4, -0.2) is 31.8 Å². The highest BCUT2D eigenvalue weighted by atomic mass is 79.9. The van der Waals surface area contributed by atoms with Crippen molar-refractivity contribution in [1.29, 1.82) is 0 Å². The molecule has 118 valence electrons. The lowest BCUT2D eigenvalue weighted by atomic mass is 10.0. The molecule has 1 fully saturated rings. The van der Waals surface area contributed by atoms with Gasteiger partial charge in [0.05, 0.1) is 6.10 Å². The van der Waals surface area contributed by atoms with Crippen molar-refractivity contribution in [2.45, 2.75) is 52.3 Å². The fourth-order valence-corrected chi connectivity index (χ4v) is 3.23. The van der Waals surface area contributed by atoms with Gasteiger partial charge in [-0.2, -0.15) is 0 Å².